The highest BCUT2D eigenvalue weighted by molar-refractivity contribution is 8.15. The Hall–Kier alpha value is -2.32. The van der Waals surface area contributed by atoms with E-state index in [1.165, 1.54) is 11.8 Å². The van der Waals surface area contributed by atoms with Crippen molar-refractivity contribution in [3.8, 4) is 5.75 Å². The topological polar surface area (TPSA) is 77.4 Å². The summed E-state index contributed by atoms with van der Waals surface area (Å²) in [7, 11) is 1.55. The number of allylic oxidation sites excluding steroid dienone is 1. The minimum absolute atomic E-state index is 0.0316. The summed E-state index contributed by atoms with van der Waals surface area (Å²) in [4.78, 5) is 32.4. The summed E-state index contributed by atoms with van der Waals surface area (Å²) < 4.78 is 16.2. The standard InChI is InChI=1S/C24H32N2O5S/c1-5-7-8-13-30-18-11-9-17(10-12-18)21-20(23(28)31-15-14-29-4)16(3)25-24-26(21)22(27)19(6-2)32-24/h9-12,19,21H,5-8,13-15H2,1-4H3/t19-,21+/m1/s1. The van der Waals surface area contributed by atoms with E-state index in [2.05, 4.69) is 11.9 Å². The second-order valence-electron chi connectivity index (χ2n) is 7.77. The number of aliphatic imine (C=N–C) groups is 1. The third kappa shape index (κ3) is 5.35. The van der Waals surface area contributed by atoms with Crippen molar-refractivity contribution < 1.29 is 23.8 Å². The predicted octanol–water partition coefficient (Wildman–Crippen LogP) is 4.48. The van der Waals surface area contributed by atoms with Crippen molar-refractivity contribution in [2.45, 2.75) is 57.7 Å². The molecule has 0 aliphatic carbocycles. The summed E-state index contributed by atoms with van der Waals surface area (Å²) in [5.74, 6) is 0.258. The molecule has 0 radical (unpaired) electrons. The van der Waals surface area contributed by atoms with E-state index in [1.54, 1.807) is 18.9 Å². The molecule has 3 rings (SSSR count). The van der Waals surface area contributed by atoms with Gasteiger partial charge < -0.3 is 14.2 Å². The van der Waals surface area contributed by atoms with Crippen LogP contribution in [0.25, 0.3) is 0 Å². The molecule has 0 aromatic heterocycles. The number of esters is 1. The number of hydrogen-bond donors (Lipinski definition) is 0. The Morgan fingerprint density at radius 2 is 1.88 bits per heavy atom. The number of methoxy groups -OCH3 is 1. The monoisotopic (exact) mass is 460 g/mol. The van der Waals surface area contributed by atoms with Crippen LogP contribution in [0.1, 0.15) is 58.1 Å². The van der Waals surface area contributed by atoms with Crippen LogP contribution in [0.3, 0.4) is 0 Å². The average molecular weight is 461 g/mol. The number of benzene rings is 1. The molecule has 8 heteroatoms. The molecule has 7 nitrogen and oxygen atoms in total. The van der Waals surface area contributed by atoms with Gasteiger partial charge in [0, 0.05) is 7.11 Å². The number of rotatable bonds is 11. The Labute approximate surface area is 194 Å². The van der Waals surface area contributed by atoms with Gasteiger partial charge in [-0.2, -0.15) is 0 Å². The molecule has 0 bridgehead atoms. The quantitative estimate of drug-likeness (QED) is 0.358. The van der Waals surface area contributed by atoms with Gasteiger partial charge in [-0.3, -0.25) is 9.69 Å². The van der Waals surface area contributed by atoms with Crippen LogP contribution in [0, 0.1) is 0 Å². The second-order valence-corrected chi connectivity index (χ2v) is 8.94. The van der Waals surface area contributed by atoms with Gasteiger partial charge in [0.2, 0.25) is 5.91 Å². The molecule has 2 atom stereocenters. The first-order valence-electron chi connectivity index (χ1n) is 11.2. The number of carbonyl (C=O) groups excluding carboxylic acids is 2. The number of thioether (sulfide) groups is 1. The van der Waals surface area contributed by atoms with Crippen molar-refractivity contribution in [2.24, 2.45) is 4.99 Å². The summed E-state index contributed by atoms with van der Waals surface area (Å²) >= 11 is 1.45. The van der Waals surface area contributed by atoms with E-state index in [0.717, 1.165) is 30.6 Å². The number of fused-ring (bicyclic) bond motifs is 1. The van der Waals surface area contributed by atoms with Crippen molar-refractivity contribution in [2.75, 3.05) is 26.9 Å². The number of amidine groups is 1. The summed E-state index contributed by atoms with van der Waals surface area (Å²) in [5.41, 5.74) is 1.77. The van der Waals surface area contributed by atoms with Crippen LogP contribution in [0.5, 0.6) is 5.75 Å². The Morgan fingerprint density at radius 3 is 2.53 bits per heavy atom. The molecular formula is C24H32N2O5S. The Balaban J connectivity index is 1.90. The zero-order valence-corrected chi connectivity index (χ0v) is 20.1. The van der Waals surface area contributed by atoms with Crippen LogP contribution in [0.4, 0.5) is 0 Å². The highest BCUT2D eigenvalue weighted by Crippen LogP contribution is 2.44. The molecular weight excluding hydrogens is 428 g/mol. The molecule has 2 heterocycles. The summed E-state index contributed by atoms with van der Waals surface area (Å²) in [6, 6.07) is 7.02. The van der Waals surface area contributed by atoms with Gasteiger partial charge in [0.15, 0.2) is 5.17 Å². The average Bonchev–Trinajstić information content (AvgIpc) is 3.11. The van der Waals surface area contributed by atoms with E-state index >= 15 is 0 Å². The molecule has 32 heavy (non-hydrogen) atoms. The van der Waals surface area contributed by atoms with Gasteiger partial charge in [-0.1, -0.05) is 50.6 Å². The van der Waals surface area contributed by atoms with Crippen LogP contribution >= 0.6 is 11.8 Å². The van der Waals surface area contributed by atoms with E-state index in [9.17, 15) is 9.59 Å². The van der Waals surface area contributed by atoms with E-state index in [-0.39, 0.29) is 17.8 Å². The first kappa shape index (κ1) is 24.3. The zero-order chi connectivity index (χ0) is 23.1. The SMILES string of the molecule is CCCCCOc1ccc([C@H]2C(C(=O)OCCOC)=C(C)N=C3S[C@H](CC)C(=O)N32)cc1. The molecule has 0 unspecified atom stereocenters. The minimum Gasteiger partial charge on any atom is -0.494 e. The fourth-order valence-corrected chi connectivity index (χ4v) is 4.88. The van der Waals surface area contributed by atoms with E-state index in [4.69, 9.17) is 14.2 Å². The molecule has 0 spiro atoms. The van der Waals surface area contributed by atoms with Crippen molar-refractivity contribution in [1.29, 1.82) is 0 Å². The van der Waals surface area contributed by atoms with Crippen LogP contribution in [-0.2, 0) is 19.1 Å². The smallest absolute Gasteiger partial charge is 0.338 e. The minimum atomic E-state index is -0.580. The number of amides is 1. The maximum atomic E-state index is 13.2. The Morgan fingerprint density at radius 1 is 1.12 bits per heavy atom. The van der Waals surface area contributed by atoms with Crippen molar-refractivity contribution >= 4 is 28.8 Å². The predicted molar refractivity (Wildman–Crippen MR) is 126 cm³/mol. The third-order valence-electron chi connectivity index (χ3n) is 5.48. The fraction of sp³-hybridized carbons (Fsp3) is 0.542. The number of carbonyl (C=O) groups is 2. The Kier molecular flexibility index (Phi) is 8.75. The van der Waals surface area contributed by atoms with Gasteiger partial charge >= 0.3 is 5.97 Å². The van der Waals surface area contributed by atoms with Crippen LogP contribution < -0.4 is 4.74 Å². The van der Waals surface area contributed by atoms with Crippen LogP contribution in [-0.4, -0.2) is 54.1 Å². The molecule has 2 aliphatic rings. The molecule has 0 saturated carbocycles. The highest BCUT2D eigenvalue weighted by Gasteiger charge is 2.47. The lowest BCUT2D eigenvalue weighted by molar-refractivity contribution is -0.141. The molecule has 1 amide bonds. The maximum Gasteiger partial charge on any atom is 0.338 e. The van der Waals surface area contributed by atoms with Gasteiger partial charge in [-0.15, -0.1) is 0 Å². The zero-order valence-electron chi connectivity index (χ0n) is 19.3. The van der Waals surface area contributed by atoms with E-state index in [1.807, 2.05) is 31.2 Å². The van der Waals surface area contributed by atoms with E-state index in [0.29, 0.717) is 36.1 Å². The molecule has 2 aliphatic heterocycles. The second kappa shape index (κ2) is 11.5. The maximum absolute atomic E-state index is 13.2. The van der Waals surface area contributed by atoms with Crippen LogP contribution in [0.2, 0.25) is 0 Å². The summed E-state index contributed by atoms with van der Waals surface area (Å²) in [6.07, 6.45) is 3.98. The summed E-state index contributed by atoms with van der Waals surface area (Å²) in [6.45, 7) is 7.04. The van der Waals surface area contributed by atoms with Gasteiger partial charge in [-0.05, 0) is 37.5 Å². The lowest BCUT2D eigenvalue weighted by Gasteiger charge is -2.33. The van der Waals surface area contributed by atoms with E-state index < -0.39 is 12.0 Å². The number of ether oxygens (including phenoxy) is 3. The van der Waals surface area contributed by atoms with Crippen molar-refractivity contribution in [1.82, 2.24) is 4.90 Å². The van der Waals surface area contributed by atoms with Crippen molar-refractivity contribution in [3.05, 3.63) is 41.1 Å². The molecule has 1 aromatic rings. The first-order chi connectivity index (χ1) is 15.5. The van der Waals surface area contributed by atoms with Gasteiger partial charge in [0.1, 0.15) is 12.4 Å². The molecule has 1 saturated heterocycles. The third-order valence-corrected chi connectivity index (χ3v) is 6.79. The molecule has 1 aromatic carbocycles. The fourth-order valence-electron chi connectivity index (χ4n) is 3.75. The first-order valence-corrected chi connectivity index (χ1v) is 12.1. The molecule has 174 valence electrons. The van der Waals surface area contributed by atoms with Gasteiger partial charge in [0.25, 0.3) is 0 Å². The largest absolute Gasteiger partial charge is 0.494 e. The number of nitrogens with zero attached hydrogens (tertiary/aromatic N) is 2. The lowest BCUT2D eigenvalue weighted by Crippen LogP contribution is -2.40. The van der Waals surface area contributed by atoms with Gasteiger partial charge in [0.05, 0.1) is 35.8 Å². The normalized spacial score (nSPS) is 20.3. The van der Waals surface area contributed by atoms with Crippen LogP contribution in [0.15, 0.2) is 40.5 Å². The molecule has 0 N–H and O–H groups in total. The lowest BCUT2D eigenvalue weighted by atomic mass is 9.94. The van der Waals surface area contributed by atoms with Crippen molar-refractivity contribution in [3.63, 3.8) is 0 Å². The highest BCUT2D eigenvalue weighted by atomic mass is 32.2. The number of unbranched alkanes of at least 4 members (excludes halogenated alkanes) is 2. The molecule has 1 fully saturated rings. The number of hydrogen-bond acceptors (Lipinski definition) is 7. The summed E-state index contributed by atoms with van der Waals surface area (Å²) in [5, 5.41) is 0.437. The van der Waals surface area contributed by atoms with Gasteiger partial charge in [-0.25, -0.2) is 9.79 Å². The Bertz CT molecular complexity index is 881.